The minimum atomic E-state index is 0.237. The summed E-state index contributed by atoms with van der Waals surface area (Å²) in [5, 5.41) is 4.05. The Morgan fingerprint density at radius 3 is 2.78 bits per heavy atom. The van der Waals surface area contributed by atoms with Crippen LogP contribution in [0.4, 0.5) is 0 Å². The van der Waals surface area contributed by atoms with Gasteiger partial charge in [-0.1, -0.05) is 16.8 Å². The predicted molar refractivity (Wildman–Crippen MR) is 61.4 cm³/mol. The highest BCUT2D eigenvalue weighted by Gasteiger charge is 2.14. The SMILES string of the molecule is Clc1ncncc1-c1nc(-c2cnccn2)no1. The van der Waals surface area contributed by atoms with Gasteiger partial charge in [0.2, 0.25) is 5.82 Å². The molecule has 88 valence electrons. The van der Waals surface area contributed by atoms with Crippen LogP contribution in [0, 0.1) is 0 Å². The Labute approximate surface area is 106 Å². The second-order valence-corrected chi connectivity index (χ2v) is 3.60. The van der Waals surface area contributed by atoms with Crippen LogP contribution in [0.25, 0.3) is 23.0 Å². The van der Waals surface area contributed by atoms with Crippen LogP contribution in [0.1, 0.15) is 0 Å². The van der Waals surface area contributed by atoms with Crippen molar-refractivity contribution in [3.8, 4) is 23.0 Å². The molecule has 0 saturated carbocycles. The lowest BCUT2D eigenvalue weighted by Gasteiger charge is -1.94. The van der Waals surface area contributed by atoms with Crippen LogP contribution in [0.2, 0.25) is 5.15 Å². The molecule has 0 fully saturated rings. The first-order valence-corrected chi connectivity index (χ1v) is 5.28. The summed E-state index contributed by atoms with van der Waals surface area (Å²) in [6.45, 7) is 0. The van der Waals surface area contributed by atoms with E-state index in [2.05, 4.69) is 30.1 Å². The summed E-state index contributed by atoms with van der Waals surface area (Å²) in [5.74, 6) is 0.569. The Kier molecular flexibility index (Phi) is 2.66. The molecule has 0 N–H and O–H groups in total. The number of nitrogens with zero attached hydrogens (tertiary/aromatic N) is 6. The van der Waals surface area contributed by atoms with Gasteiger partial charge in [0.1, 0.15) is 17.2 Å². The van der Waals surface area contributed by atoms with Gasteiger partial charge < -0.3 is 4.52 Å². The van der Waals surface area contributed by atoms with Gasteiger partial charge in [-0.2, -0.15) is 4.98 Å². The Morgan fingerprint density at radius 2 is 2.00 bits per heavy atom. The Morgan fingerprint density at radius 1 is 1.06 bits per heavy atom. The average molecular weight is 261 g/mol. The molecule has 0 unspecified atom stereocenters. The van der Waals surface area contributed by atoms with Crippen LogP contribution in [0.3, 0.4) is 0 Å². The number of rotatable bonds is 2. The lowest BCUT2D eigenvalue weighted by atomic mass is 10.3. The highest BCUT2D eigenvalue weighted by atomic mass is 35.5. The first-order chi connectivity index (χ1) is 8.84. The normalized spacial score (nSPS) is 10.5. The molecule has 0 aromatic carbocycles. The summed E-state index contributed by atoms with van der Waals surface area (Å²) in [7, 11) is 0. The van der Waals surface area contributed by atoms with E-state index in [1.165, 1.54) is 18.7 Å². The van der Waals surface area contributed by atoms with Crippen molar-refractivity contribution in [3.05, 3.63) is 36.3 Å². The van der Waals surface area contributed by atoms with Crippen molar-refractivity contribution in [2.75, 3.05) is 0 Å². The van der Waals surface area contributed by atoms with Crippen LogP contribution in [0.15, 0.2) is 35.6 Å². The molecule has 0 spiro atoms. The van der Waals surface area contributed by atoms with Crippen LogP contribution in [0.5, 0.6) is 0 Å². The van der Waals surface area contributed by atoms with Gasteiger partial charge >= 0.3 is 0 Å². The molecular weight excluding hydrogens is 256 g/mol. The Hall–Kier alpha value is -2.41. The fourth-order valence-electron chi connectivity index (χ4n) is 1.31. The number of aromatic nitrogens is 6. The lowest BCUT2D eigenvalue weighted by Crippen LogP contribution is -1.87. The van der Waals surface area contributed by atoms with E-state index in [0.29, 0.717) is 17.1 Å². The van der Waals surface area contributed by atoms with Crippen LogP contribution in [-0.4, -0.2) is 30.1 Å². The first-order valence-electron chi connectivity index (χ1n) is 4.90. The molecule has 0 amide bonds. The fourth-order valence-corrected chi connectivity index (χ4v) is 1.48. The molecular formula is C10H5ClN6O. The van der Waals surface area contributed by atoms with Crippen LogP contribution >= 0.6 is 11.6 Å². The smallest absolute Gasteiger partial charge is 0.263 e. The molecule has 0 bridgehead atoms. The van der Waals surface area contributed by atoms with Gasteiger partial charge in [-0.3, -0.25) is 4.98 Å². The molecule has 3 aromatic rings. The zero-order chi connectivity index (χ0) is 12.4. The summed E-state index contributed by atoms with van der Waals surface area (Å²) < 4.78 is 5.09. The molecule has 0 aliphatic rings. The number of halogens is 1. The monoisotopic (exact) mass is 260 g/mol. The summed E-state index contributed by atoms with van der Waals surface area (Å²) >= 11 is 5.91. The van der Waals surface area contributed by atoms with Crippen molar-refractivity contribution in [1.82, 2.24) is 30.1 Å². The molecule has 3 rings (SSSR count). The molecule has 3 aromatic heterocycles. The van der Waals surface area contributed by atoms with Crippen molar-refractivity contribution in [3.63, 3.8) is 0 Å². The van der Waals surface area contributed by atoms with E-state index in [4.69, 9.17) is 16.1 Å². The van der Waals surface area contributed by atoms with Gasteiger partial charge in [0.25, 0.3) is 5.89 Å². The van der Waals surface area contributed by atoms with E-state index in [9.17, 15) is 0 Å². The van der Waals surface area contributed by atoms with Crippen molar-refractivity contribution in [2.45, 2.75) is 0 Å². The van der Waals surface area contributed by atoms with Crippen molar-refractivity contribution in [2.24, 2.45) is 0 Å². The minimum absolute atomic E-state index is 0.237. The van der Waals surface area contributed by atoms with E-state index in [0.717, 1.165) is 0 Å². The van der Waals surface area contributed by atoms with Crippen molar-refractivity contribution < 1.29 is 4.52 Å². The van der Waals surface area contributed by atoms with Gasteiger partial charge in [0.05, 0.1) is 11.8 Å². The highest BCUT2D eigenvalue weighted by Crippen LogP contribution is 2.24. The topological polar surface area (TPSA) is 90.5 Å². The zero-order valence-electron chi connectivity index (χ0n) is 8.86. The lowest BCUT2D eigenvalue weighted by molar-refractivity contribution is 0.432. The molecule has 3 heterocycles. The largest absolute Gasteiger partial charge is 0.333 e. The molecule has 0 radical (unpaired) electrons. The van der Waals surface area contributed by atoms with Gasteiger partial charge in [0.15, 0.2) is 0 Å². The molecule has 7 nitrogen and oxygen atoms in total. The van der Waals surface area contributed by atoms with Crippen LogP contribution in [-0.2, 0) is 0 Å². The van der Waals surface area contributed by atoms with E-state index in [1.54, 1.807) is 12.4 Å². The zero-order valence-corrected chi connectivity index (χ0v) is 9.61. The minimum Gasteiger partial charge on any atom is -0.333 e. The number of hydrogen-bond donors (Lipinski definition) is 0. The van der Waals surface area contributed by atoms with E-state index >= 15 is 0 Å². The Bertz CT molecular complexity index is 671. The standard InChI is InChI=1S/C10H5ClN6O/c11-8-6(3-13-5-15-8)10-16-9(17-18-10)7-4-12-1-2-14-7/h1-5H. The maximum Gasteiger partial charge on any atom is 0.263 e. The van der Waals surface area contributed by atoms with Gasteiger partial charge in [-0.15, -0.1) is 0 Å². The third-order valence-corrected chi connectivity index (χ3v) is 2.41. The molecule has 0 saturated heterocycles. The van der Waals surface area contributed by atoms with Gasteiger partial charge in [-0.25, -0.2) is 15.0 Å². The Balaban J connectivity index is 2.03. The summed E-state index contributed by atoms with van der Waals surface area (Å²) in [4.78, 5) is 19.8. The van der Waals surface area contributed by atoms with Crippen molar-refractivity contribution in [1.29, 1.82) is 0 Å². The third kappa shape index (κ3) is 1.91. The maximum atomic E-state index is 5.91. The van der Waals surface area contributed by atoms with Gasteiger partial charge in [-0.05, 0) is 0 Å². The number of hydrogen-bond acceptors (Lipinski definition) is 7. The van der Waals surface area contributed by atoms with Crippen molar-refractivity contribution >= 4 is 11.6 Å². The summed E-state index contributed by atoms with van der Waals surface area (Å²) in [5.41, 5.74) is 0.988. The average Bonchev–Trinajstić information content (AvgIpc) is 2.90. The van der Waals surface area contributed by atoms with Crippen LogP contribution < -0.4 is 0 Å². The fraction of sp³-hybridized carbons (Fsp3) is 0. The van der Waals surface area contributed by atoms with Gasteiger partial charge in [0, 0.05) is 18.6 Å². The highest BCUT2D eigenvalue weighted by molar-refractivity contribution is 6.31. The molecule has 0 aliphatic carbocycles. The predicted octanol–water partition coefficient (Wildman–Crippen LogP) is 1.64. The summed E-state index contributed by atoms with van der Waals surface area (Å²) in [6.07, 6.45) is 7.49. The van der Waals surface area contributed by atoms with E-state index in [-0.39, 0.29) is 11.0 Å². The third-order valence-electron chi connectivity index (χ3n) is 2.11. The molecule has 0 aliphatic heterocycles. The first kappa shape index (κ1) is 10.7. The molecule has 8 heteroatoms. The summed E-state index contributed by atoms with van der Waals surface area (Å²) in [6, 6.07) is 0. The molecule has 0 atom stereocenters. The van der Waals surface area contributed by atoms with E-state index < -0.39 is 0 Å². The quantitative estimate of drug-likeness (QED) is 0.647. The second kappa shape index (κ2) is 4.46. The maximum absolute atomic E-state index is 5.91. The van der Waals surface area contributed by atoms with E-state index in [1.807, 2.05) is 0 Å². The second-order valence-electron chi connectivity index (χ2n) is 3.24. The molecule has 18 heavy (non-hydrogen) atoms.